The number of ether oxygens (including phenoxy) is 1. The molecular formula is C13H27ClN2O. The van der Waals surface area contributed by atoms with Crippen molar-refractivity contribution in [2.24, 2.45) is 5.92 Å². The minimum Gasteiger partial charge on any atom is -0.381 e. The Morgan fingerprint density at radius 2 is 2.24 bits per heavy atom. The van der Waals surface area contributed by atoms with Gasteiger partial charge in [-0.15, -0.1) is 12.4 Å². The van der Waals surface area contributed by atoms with Crippen LogP contribution in [-0.2, 0) is 4.74 Å². The van der Waals surface area contributed by atoms with E-state index in [1.807, 2.05) is 0 Å². The molecule has 0 amide bonds. The number of nitrogens with zero attached hydrogens (tertiary/aromatic N) is 1. The normalized spacial score (nSPS) is 30.2. The van der Waals surface area contributed by atoms with E-state index >= 15 is 0 Å². The van der Waals surface area contributed by atoms with Crippen molar-refractivity contribution in [3.8, 4) is 0 Å². The van der Waals surface area contributed by atoms with Gasteiger partial charge in [-0.3, -0.25) is 4.90 Å². The molecule has 0 aliphatic carbocycles. The highest BCUT2D eigenvalue weighted by Gasteiger charge is 2.23. The summed E-state index contributed by atoms with van der Waals surface area (Å²) in [5.74, 6) is 0.831. The highest BCUT2D eigenvalue weighted by molar-refractivity contribution is 5.85. The summed E-state index contributed by atoms with van der Waals surface area (Å²) in [5.41, 5.74) is 0. The van der Waals surface area contributed by atoms with Gasteiger partial charge in [0, 0.05) is 38.9 Å². The summed E-state index contributed by atoms with van der Waals surface area (Å²) in [7, 11) is 0. The highest BCUT2D eigenvalue weighted by atomic mass is 35.5. The molecule has 0 aromatic carbocycles. The van der Waals surface area contributed by atoms with Crippen LogP contribution in [0.25, 0.3) is 0 Å². The molecule has 4 heteroatoms. The molecule has 2 rings (SSSR count). The lowest BCUT2D eigenvalue weighted by molar-refractivity contribution is 0.136. The first kappa shape index (κ1) is 15.2. The van der Waals surface area contributed by atoms with E-state index in [2.05, 4.69) is 17.1 Å². The number of hydrogen-bond acceptors (Lipinski definition) is 3. The van der Waals surface area contributed by atoms with Gasteiger partial charge in [-0.1, -0.05) is 13.3 Å². The molecule has 0 aromatic rings. The van der Waals surface area contributed by atoms with Crippen molar-refractivity contribution in [3.63, 3.8) is 0 Å². The summed E-state index contributed by atoms with van der Waals surface area (Å²) in [6.07, 6.45) is 5.26. The zero-order valence-electron chi connectivity index (χ0n) is 11.0. The zero-order valence-corrected chi connectivity index (χ0v) is 11.8. The quantitative estimate of drug-likeness (QED) is 0.819. The van der Waals surface area contributed by atoms with Crippen molar-refractivity contribution >= 4 is 12.4 Å². The maximum atomic E-state index is 5.44. The summed E-state index contributed by atoms with van der Waals surface area (Å²) < 4.78 is 5.44. The number of nitrogens with one attached hydrogen (secondary N) is 1. The molecule has 0 saturated carbocycles. The standard InChI is InChI=1S/C13H26N2O.ClH/c1-2-3-13-10-14-6-8-15(13)7-4-12-5-9-16-11-12;/h12-14H,2-11H2,1H3;1H. The molecule has 2 atom stereocenters. The van der Waals surface area contributed by atoms with Gasteiger partial charge in [-0.25, -0.2) is 0 Å². The lowest BCUT2D eigenvalue weighted by Gasteiger charge is -2.36. The Hall–Kier alpha value is 0.170. The number of rotatable bonds is 5. The second kappa shape index (κ2) is 8.30. The van der Waals surface area contributed by atoms with Crippen LogP contribution in [0.15, 0.2) is 0 Å². The molecular weight excluding hydrogens is 236 g/mol. The van der Waals surface area contributed by atoms with Crippen molar-refractivity contribution < 1.29 is 4.74 Å². The van der Waals surface area contributed by atoms with E-state index in [4.69, 9.17) is 4.74 Å². The molecule has 3 nitrogen and oxygen atoms in total. The smallest absolute Gasteiger partial charge is 0.0495 e. The fourth-order valence-electron chi connectivity index (χ4n) is 2.87. The van der Waals surface area contributed by atoms with Crippen LogP contribution in [0.4, 0.5) is 0 Å². The largest absolute Gasteiger partial charge is 0.381 e. The summed E-state index contributed by atoms with van der Waals surface area (Å²) >= 11 is 0. The monoisotopic (exact) mass is 262 g/mol. The van der Waals surface area contributed by atoms with Crippen LogP contribution in [0.1, 0.15) is 32.6 Å². The van der Waals surface area contributed by atoms with Crippen molar-refractivity contribution in [3.05, 3.63) is 0 Å². The van der Waals surface area contributed by atoms with Crippen LogP contribution < -0.4 is 5.32 Å². The lowest BCUT2D eigenvalue weighted by Crippen LogP contribution is -2.51. The van der Waals surface area contributed by atoms with Crippen LogP contribution in [0, 0.1) is 5.92 Å². The van der Waals surface area contributed by atoms with Crippen molar-refractivity contribution in [1.82, 2.24) is 10.2 Å². The summed E-state index contributed by atoms with van der Waals surface area (Å²) in [4.78, 5) is 2.69. The van der Waals surface area contributed by atoms with Gasteiger partial charge < -0.3 is 10.1 Å². The molecule has 2 aliphatic rings. The number of halogens is 1. The van der Waals surface area contributed by atoms with Crippen molar-refractivity contribution in [1.29, 1.82) is 0 Å². The predicted octanol–water partition coefficient (Wildman–Crippen LogP) is 1.91. The maximum Gasteiger partial charge on any atom is 0.0495 e. The van der Waals surface area contributed by atoms with E-state index in [1.165, 1.54) is 51.9 Å². The molecule has 0 aromatic heterocycles. The average molecular weight is 263 g/mol. The van der Waals surface area contributed by atoms with Gasteiger partial charge in [0.05, 0.1) is 0 Å². The summed E-state index contributed by atoms with van der Waals surface area (Å²) in [5, 5.41) is 3.51. The van der Waals surface area contributed by atoms with Crippen molar-refractivity contribution in [2.45, 2.75) is 38.6 Å². The maximum absolute atomic E-state index is 5.44. The second-order valence-electron chi connectivity index (χ2n) is 5.20. The molecule has 0 radical (unpaired) electrons. The first-order chi connectivity index (χ1) is 7.90. The van der Waals surface area contributed by atoms with Gasteiger partial charge in [0.15, 0.2) is 0 Å². The van der Waals surface area contributed by atoms with E-state index in [0.29, 0.717) is 0 Å². The molecule has 0 bridgehead atoms. The van der Waals surface area contributed by atoms with Gasteiger partial charge in [0.2, 0.25) is 0 Å². The topological polar surface area (TPSA) is 24.5 Å². The molecule has 17 heavy (non-hydrogen) atoms. The van der Waals surface area contributed by atoms with E-state index in [-0.39, 0.29) is 12.4 Å². The van der Waals surface area contributed by atoms with E-state index < -0.39 is 0 Å². The molecule has 1 N–H and O–H groups in total. The van der Waals surface area contributed by atoms with Gasteiger partial charge in [-0.2, -0.15) is 0 Å². The second-order valence-corrected chi connectivity index (χ2v) is 5.20. The Morgan fingerprint density at radius 1 is 1.35 bits per heavy atom. The zero-order chi connectivity index (χ0) is 11.2. The number of hydrogen-bond donors (Lipinski definition) is 1. The Balaban J connectivity index is 0.00000144. The first-order valence-electron chi connectivity index (χ1n) is 6.92. The Bertz CT molecular complexity index is 196. The SMILES string of the molecule is CCCC1CNCCN1CCC1CCOC1.Cl. The third kappa shape index (κ3) is 4.74. The van der Waals surface area contributed by atoms with E-state index in [9.17, 15) is 0 Å². The molecule has 2 unspecified atom stereocenters. The van der Waals surface area contributed by atoms with Crippen molar-refractivity contribution in [2.75, 3.05) is 39.4 Å². The van der Waals surface area contributed by atoms with Gasteiger partial charge in [0.1, 0.15) is 0 Å². The Kier molecular flexibility index (Phi) is 7.44. The van der Waals surface area contributed by atoms with Gasteiger partial charge >= 0.3 is 0 Å². The third-order valence-electron chi connectivity index (χ3n) is 3.94. The Morgan fingerprint density at radius 3 is 2.94 bits per heavy atom. The predicted molar refractivity (Wildman–Crippen MR) is 73.9 cm³/mol. The summed E-state index contributed by atoms with van der Waals surface area (Å²) in [6.45, 7) is 9.15. The van der Waals surface area contributed by atoms with Crippen LogP contribution in [-0.4, -0.2) is 50.3 Å². The third-order valence-corrected chi connectivity index (χ3v) is 3.94. The molecule has 2 fully saturated rings. The molecule has 0 spiro atoms. The van der Waals surface area contributed by atoms with Gasteiger partial charge in [-0.05, 0) is 31.7 Å². The fraction of sp³-hybridized carbons (Fsp3) is 1.00. The average Bonchev–Trinajstić information content (AvgIpc) is 2.81. The highest BCUT2D eigenvalue weighted by Crippen LogP contribution is 2.18. The Labute approximate surface area is 112 Å². The van der Waals surface area contributed by atoms with E-state index in [1.54, 1.807) is 0 Å². The molecule has 102 valence electrons. The fourth-order valence-corrected chi connectivity index (χ4v) is 2.87. The van der Waals surface area contributed by atoms with Crippen LogP contribution in [0.3, 0.4) is 0 Å². The summed E-state index contributed by atoms with van der Waals surface area (Å²) in [6, 6.07) is 0.779. The first-order valence-corrected chi connectivity index (χ1v) is 6.92. The molecule has 2 heterocycles. The minimum atomic E-state index is 0. The van der Waals surface area contributed by atoms with Gasteiger partial charge in [0.25, 0.3) is 0 Å². The van der Waals surface area contributed by atoms with E-state index in [0.717, 1.165) is 25.2 Å². The number of piperazine rings is 1. The molecule has 2 saturated heterocycles. The minimum absolute atomic E-state index is 0. The van der Waals surface area contributed by atoms with Crippen LogP contribution in [0.5, 0.6) is 0 Å². The lowest BCUT2D eigenvalue weighted by atomic mass is 10.0. The van der Waals surface area contributed by atoms with Crippen LogP contribution >= 0.6 is 12.4 Å². The van der Waals surface area contributed by atoms with Crippen LogP contribution in [0.2, 0.25) is 0 Å². The molecule has 2 aliphatic heterocycles.